The van der Waals surface area contributed by atoms with Gasteiger partial charge in [0, 0.05) is 29.2 Å². The highest BCUT2D eigenvalue weighted by atomic mass is 32.1. The molecule has 0 fully saturated rings. The van der Waals surface area contributed by atoms with Gasteiger partial charge in [-0.2, -0.15) is 0 Å². The molecule has 0 aliphatic heterocycles. The second-order valence-electron chi connectivity index (χ2n) is 7.06. The van der Waals surface area contributed by atoms with Gasteiger partial charge < -0.3 is 5.32 Å². The first kappa shape index (κ1) is 18.1. The summed E-state index contributed by atoms with van der Waals surface area (Å²) >= 11 is 1.37. The summed E-state index contributed by atoms with van der Waals surface area (Å²) in [6.45, 7) is 9.86. The number of hydrogen-bond donors (Lipinski definition) is 2. The molecule has 5 nitrogen and oxygen atoms in total. The predicted octanol–water partition coefficient (Wildman–Crippen LogP) is 4.39. The third-order valence-corrected chi connectivity index (χ3v) is 4.09. The van der Waals surface area contributed by atoms with E-state index >= 15 is 0 Å². The van der Waals surface area contributed by atoms with Crippen molar-refractivity contribution in [2.45, 2.75) is 41.0 Å². The van der Waals surface area contributed by atoms with Crippen LogP contribution in [0.1, 0.15) is 48.7 Å². The van der Waals surface area contributed by atoms with Gasteiger partial charge >= 0.3 is 0 Å². The summed E-state index contributed by atoms with van der Waals surface area (Å²) in [5.74, 6) is -0.225. The molecule has 0 unspecified atom stereocenters. The first-order valence-corrected chi connectivity index (χ1v) is 8.65. The second-order valence-corrected chi connectivity index (χ2v) is 7.96. The molecule has 2 N–H and O–H groups in total. The molecular weight excluding hydrogens is 322 g/mol. The standard InChI is InChI=1S/C18H23N3O2S/c1-11-8-13(16(23)21-17-19-6-7-24-17)9-12(2)15(11)20-14(22)10-18(3,4)5/h6-9H,10H2,1-5H3,(H,20,22)(H,19,21,23). The van der Waals surface area contributed by atoms with E-state index in [0.717, 1.165) is 16.8 Å². The van der Waals surface area contributed by atoms with E-state index in [1.165, 1.54) is 11.3 Å². The zero-order chi connectivity index (χ0) is 17.9. The molecule has 0 saturated carbocycles. The molecule has 0 atom stereocenters. The van der Waals surface area contributed by atoms with Crippen molar-refractivity contribution in [3.8, 4) is 0 Å². The van der Waals surface area contributed by atoms with Crippen molar-refractivity contribution in [1.82, 2.24) is 4.98 Å². The maximum atomic E-state index is 12.3. The van der Waals surface area contributed by atoms with E-state index in [1.54, 1.807) is 23.7 Å². The minimum absolute atomic E-state index is 0.0197. The summed E-state index contributed by atoms with van der Waals surface area (Å²) in [4.78, 5) is 28.5. The van der Waals surface area contributed by atoms with Crippen LogP contribution in [0.2, 0.25) is 0 Å². The number of aromatic nitrogens is 1. The van der Waals surface area contributed by atoms with E-state index in [0.29, 0.717) is 17.1 Å². The van der Waals surface area contributed by atoms with E-state index in [4.69, 9.17) is 0 Å². The van der Waals surface area contributed by atoms with Gasteiger partial charge in [-0.3, -0.25) is 14.9 Å². The van der Waals surface area contributed by atoms with Crippen LogP contribution in [0.4, 0.5) is 10.8 Å². The fourth-order valence-electron chi connectivity index (χ4n) is 2.41. The summed E-state index contributed by atoms with van der Waals surface area (Å²) in [7, 11) is 0. The molecule has 0 aliphatic carbocycles. The SMILES string of the molecule is Cc1cc(C(=O)Nc2nccs2)cc(C)c1NC(=O)CC(C)(C)C. The summed E-state index contributed by atoms with van der Waals surface area (Å²) in [6.07, 6.45) is 2.09. The van der Waals surface area contributed by atoms with Gasteiger partial charge in [0.2, 0.25) is 5.91 Å². The Bertz CT molecular complexity index is 723. The van der Waals surface area contributed by atoms with Gasteiger partial charge in [-0.1, -0.05) is 20.8 Å². The molecule has 24 heavy (non-hydrogen) atoms. The highest BCUT2D eigenvalue weighted by molar-refractivity contribution is 7.13. The van der Waals surface area contributed by atoms with Crippen molar-refractivity contribution in [2.75, 3.05) is 10.6 Å². The minimum Gasteiger partial charge on any atom is -0.326 e. The Balaban J connectivity index is 2.16. The number of nitrogens with zero attached hydrogens (tertiary/aromatic N) is 1. The molecule has 0 spiro atoms. The lowest BCUT2D eigenvalue weighted by Crippen LogP contribution is -2.21. The van der Waals surface area contributed by atoms with Crippen LogP contribution in [-0.2, 0) is 4.79 Å². The van der Waals surface area contributed by atoms with Gasteiger partial charge in [-0.25, -0.2) is 4.98 Å². The normalized spacial score (nSPS) is 11.2. The zero-order valence-corrected chi connectivity index (χ0v) is 15.5. The molecule has 6 heteroatoms. The largest absolute Gasteiger partial charge is 0.326 e. The van der Waals surface area contributed by atoms with Crippen LogP contribution in [0.25, 0.3) is 0 Å². The fourth-order valence-corrected chi connectivity index (χ4v) is 2.94. The molecule has 2 amide bonds. The van der Waals surface area contributed by atoms with Crippen molar-refractivity contribution in [2.24, 2.45) is 5.41 Å². The molecule has 0 radical (unpaired) electrons. The Morgan fingerprint density at radius 1 is 1.12 bits per heavy atom. The van der Waals surface area contributed by atoms with Crippen LogP contribution in [-0.4, -0.2) is 16.8 Å². The number of thiazole rings is 1. The van der Waals surface area contributed by atoms with E-state index in [-0.39, 0.29) is 17.2 Å². The lowest BCUT2D eigenvalue weighted by Gasteiger charge is -2.19. The Morgan fingerprint density at radius 2 is 1.75 bits per heavy atom. The van der Waals surface area contributed by atoms with E-state index < -0.39 is 0 Å². The van der Waals surface area contributed by atoms with Crippen LogP contribution < -0.4 is 10.6 Å². The summed E-state index contributed by atoms with van der Waals surface area (Å²) in [6, 6.07) is 3.56. The van der Waals surface area contributed by atoms with Crippen LogP contribution >= 0.6 is 11.3 Å². The molecule has 1 heterocycles. The third-order valence-electron chi connectivity index (χ3n) is 3.40. The molecule has 0 saturated heterocycles. The Hall–Kier alpha value is -2.21. The number of anilines is 2. The Labute approximate surface area is 146 Å². The molecule has 2 aromatic rings. The van der Waals surface area contributed by atoms with Gasteiger partial charge in [0.15, 0.2) is 5.13 Å². The number of amides is 2. The molecule has 0 aliphatic rings. The average molecular weight is 345 g/mol. The Kier molecular flexibility index (Phi) is 5.39. The van der Waals surface area contributed by atoms with E-state index in [9.17, 15) is 9.59 Å². The smallest absolute Gasteiger partial charge is 0.257 e. The highest BCUT2D eigenvalue weighted by Gasteiger charge is 2.18. The van der Waals surface area contributed by atoms with Crippen molar-refractivity contribution in [1.29, 1.82) is 0 Å². The molecular formula is C18H23N3O2S. The average Bonchev–Trinajstić information content (AvgIpc) is 2.93. The summed E-state index contributed by atoms with van der Waals surface area (Å²) in [5, 5.41) is 8.10. The van der Waals surface area contributed by atoms with Crippen LogP contribution in [0.15, 0.2) is 23.7 Å². The van der Waals surface area contributed by atoms with Crippen molar-refractivity contribution in [3.63, 3.8) is 0 Å². The lowest BCUT2D eigenvalue weighted by molar-refractivity contribution is -0.117. The fraction of sp³-hybridized carbons (Fsp3) is 0.389. The number of carbonyl (C=O) groups is 2. The molecule has 2 rings (SSSR count). The monoisotopic (exact) mass is 345 g/mol. The number of hydrogen-bond acceptors (Lipinski definition) is 4. The first-order valence-electron chi connectivity index (χ1n) is 7.78. The predicted molar refractivity (Wildman–Crippen MR) is 98.7 cm³/mol. The number of nitrogens with one attached hydrogen (secondary N) is 2. The van der Waals surface area contributed by atoms with Crippen LogP contribution in [0.5, 0.6) is 0 Å². The minimum atomic E-state index is -0.205. The second kappa shape index (κ2) is 7.13. The van der Waals surface area contributed by atoms with Crippen LogP contribution in [0.3, 0.4) is 0 Å². The van der Waals surface area contributed by atoms with Crippen LogP contribution in [0, 0.1) is 19.3 Å². The zero-order valence-electron chi connectivity index (χ0n) is 14.7. The third kappa shape index (κ3) is 4.89. The van der Waals surface area contributed by atoms with Gasteiger partial charge in [0.25, 0.3) is 5.91 Å². The maximum absolute atomic E-state index is 12.3. The summed E-state index contributed by atoms with van der Waals surface area (Å²) < 4.78 is 0. The molecule has 1 aromatic heterocycles. The van der Waals surface area contributed by atoms with E-state index in [2.05, 4.69) is 15.6 Å². The van der Waals surface area contributed by atoms with Gasteiger partial charge in [-0.15, -0.1) is 11.3 Å². The number of aryl methyl sites for hydroxylation is 2. The lowest BCUT2D eigenvalue weighted by atomic mass is 9.92. The van der Waals surface area contributed by atoms with Gasteiger partial charge in [0.1, 0.15) is 0 Å². The number of rotatable bonds is 4. The quantitative estimate of drug-likeness (QED) is 0.863. The van der Waals surface area contributed by atoms with Gasteiger partial charge in [-0.05, 0) is 42.5 Å². The van der Waals surface area contributed by atoms with Crippen molar-refractivity contribution < 1.29 is 9.59 Å². The highest BCUT2D eigenvalue weighted by Crippen LogP contribution is 2.25. The van der Waals surface area contributed by atoms with Crippen molar-refractivity contribution in [3.05, 3.63) is 40.4 Å². The van der Waals surface area contributed by atoms with E-state index in [1.807, 2.05) is 34.6 Å². The maximum Gasteiger partial charge on any atom is 0.257 e. The first-order chi connectivity index (χ1) is 11.2. The number of benzene rings is 1. The number of carbonyl (C=O) groups excluding carboxylic acids is 2. The topological polar surface area (TPSA) is 71.1 Å². The molecule has 0 bridgehead atoms. The Morgan fingerprint density at radius 3 is 2.25 bits per heavy atom. The summed E-state index contributed by atoms with van der Waals surface area (Å²) in [5.41, 5.74) is 2.98. The van der Waals surface area contributed by atoms with Crippen molar-refractivity contribution >= 4 is 34.0 Å². The molecule has 1 aromatic carbocycles. The molecule has 128 valence electrons. The van der Waals surface area contributed by atoms with Gasteiger partial charge in [0.05, 0.1) is 0 Å².